The maximum absolute atomic E-state index is 11.0. The molecular weight excluding hydrogens is 192 g/mol. The van der Waals surface area contributed by atoms with Gasteiger partial charge < -0.3 is 15.4 Å². The third-order valence-electron chi connectivity index (χ3n) is 2.70. The van der Waals surface area contributed by atoms with E-state index in [-0.39, 0.29) is 5.97 Å². The third-order valence-corrected chi connectivity index (χ3v) is 2.70. The lowest BCUT2D eigenvalue weighted by Crippen LogP contribution is -2.34. The molecule has 0 atom stereocenters. The first-order valence-electron chi connectivity index (χ1n) is 5.90. The molecule has 1 aliphatic heterocycles. The summed E-state index contributed by atoms with van der Waals surface area (Å²) in [5, 5.41) is 6.65. The zero-order valence-corrected chi connectivity index (χ0v) is 9.55. The molecule has 0 unspecified atom stereocenters. The summed E-state index contributed by atoms with van der Waals surface area (Å²) in [5.74, 6) is 0.670. The van der Waals surface area contributed by atoms with Crippen molar-refractivity contribution in [2.45, 2.75) is 26.2 Å². The van der Waals surface area contributed by atoms with Crippen LogP contribution < -0.4 is 10.6 Å². The minimum Gasteiger partial charge on any atom is -0.466 e. The molecular formula is C11H22N2O2. The van der Waals surface area contributed by atoms with Gasteiger partial charge in [-0.05, 0) is 45.3 Å². The van der Waals surface area contributed by atoms with Crippen LogP contribution in [0.25, 0.3) is 0 Å². The van der Waals surface area contributed by atoms with Gasteiger partial charge in [-0.25, -0.2) is 0 Å². The molecule has 0 aromatic carbocycles. The zero-order valence-electron chi connectivity index (χ0n) is 9.55. The second-order valence-corrected chi connectivity index (χ2v) is 3.95. The first kappa shape index (κ1) is 12.5. The lowest BCUT2D eigenvalue weighted by molar-refractivity contribution is -0.142. The van der Waals surface area contributed by atoms with Crippen LogP contribution in [-0.4, -0.2) is 38.8 Å². The fourth-order valence-electron chi connectivity index (χ4n) is 1.82. The molecule has 1 heterocycles. The van der Waals surface area contributed by atoms with E-state index in [1.54, 1.807) is 0 Å². The smallest absolute Gasteiger partial charge is 0.307 e. The van der Waals surface area contributed by atoms with Crippen LogP contribution in [0.4, 0.5) is 0 Å². The van der Waals surface area contributed by atoms with Gasteiger partial charge in [-0.2, -0.15) is 0 Å². The van der Waals surface area contributed by atoms with Crippen LogP contribution in [0.1, 0.15) is 26.2 Å². The highest BCUT2D eigenvalue weighted by Crippen LogP contribution is 2.09. The van der Waals surface area contributed by atoms with E-state index in [9.17, 15) is 4.79 Å². The van der Waals surface area contributed by atoms with Gasteiger partial charge in [-0.1, -0.05) is 0 Å². The van der Waals surface area contributed by atoms with Gasteiger partial charge in [0.05, 0.1) is 13.0 Å². The van der Waals surface area contributed by atoms with Gasteiger partial charge in [0.1, 0.15) is 0 Å². The Bertz CT molecular complexity index is 179. The summed E-state index contributed by atoms with van der Waals surface area (Å²) in [6.45, 7) is 6.34. The molecule has 0 radical (unpaired) electrons. The van der Waals surface area contributed by atoms with Crippen molar-refractivity contribution in [3.8, 4) is 0 Å². The van der Waals surface area contributed by atoms with E-state index >= 15 is 0 Å². The molecule has 0 aliphatic carbocycles. The number of carbonyl (C=O) groups is 1. The molecule has 0 aromatic heterocycles. The van der Waals surface area contributed by atoms with Crippen molar-refractivity contribution in [2.24, 2.45) is 5.92 Å². The van der Waals surface area contributed by atoms with Gasteiger partial charge in [0, 0.05) is 6.54 Å². The van der Waals surface area contributed by atoms with Crippen molar-refractivity contribution in [2.75, 3.05) is 32.8 Å². The van der Waals surface area contributed by atoms with E-state index in [4.69, 9.17) is 4.74 Å². The van der Waals surface area contributed by atoms with E-state index in [0.29, 0.717) is 13.0 Å². The van der Waals surface area contributed by atoms with Crippen LogP contribution in [0, 0.1) is 5.92 Å². The van der Waals surface area contributed by atoms with Crippen molar-refractivity contribution < 1.29 is 9.53 Å². The Balaban J connectivity index is 1.93. The Labute approximate surface area is 91.8 Å². The van der Waals surface area contributed by atoms with Crippen LogP contribution in [0.3, 0.4) is 0 Å². The normalized spacial score (nSPS) is 17.7. The first-order valence-corrected chi connectivity index (χ1v) is 5.90. The number of hydrogen-bond acceptors (Lipinski definition) is 4. The van der Waals surface area contributed by atoms with Crippen molar-refractivity contribution in [3.05, 3.63) is 0 Å². The molecule has 0 saturated carbocycles. The van der Waals surface area contributed by atoms with Gasteiger partial charge in [-0.15, -0.1) is 0 Å². The van der Waals surface area contributed by atoms with Crippen LogP contribution in [0.5, 0.6) is 0 Å². The van der Waals surface area contributed by atoms with Gasteiger partial charge in [0.2, 0.25) is 0 Å². The fourth-order valence-corrected chi connectivity index (χ4v) is 1.82. The number of esters is 1. The molecule has 1 fully saturated rings. The molecule has 0 aromatic rings. The number of ether oxygens (including phenoxy) is 1. The Morgan fingerprint density at radius 1 is 1.47 bits per heavy atom. The maximum atomic E-state index is 11.0. The van der Waals surface area contributed by atoms with Crippen molar-refractivity contribution in [3.63, 3.8) is 0 Å². The third kappa shape index (κ3) is 5.74. The molecule has 0 spiro atoms. The van der Waals surface area contributed by atoms with Gasteiger partial charge in [-0.3, -0.25) is 4.79 Å². The summed E-state index contributed by atoms with van der Waals surface area (Å²) in [4.78, 5) is 11.0. The number of carbonyl (C=O) groups excluding carboxylic acids is 1. The van der Waals surface area contributed by atoms with E-state index in [1.807, 2.05) is 6.92 Å². The molecule has 1 saturated heterocycles. The summed E-state index contributed by atoms with van der Waals surface area (Å²) < 4.78 is 4.84. The molecule has 88 valence electrons. The number of hydrogen-bond donors (Lipinski definition) is 2. The molecule has 2 N–H and O–H groups in total. The minimum absolute atomic E-state index is 0.102. The topological polar surface area (TPSA) is 50.4 Å². The van der Waals surface area contributed by atoms with Gasteiger partial charge in [0.15, 0.2) is 0 Å². The molecule has 0 bridgehead atoms. The Hall–Kier alpha value is -0.610. The van der Waals surface area contributed by atoms with Crippen LogP contribution in [0.15, 0.2) is 0 Å². The minimum atomic E-state index is -0.102. The van der Waals surface area contributed by atoms with E-state index < -0.39 is 0 Å². The van der Waals surface area contributed by atoms with Gasteiger partial charge in [0.25, 0.3) is 0 Å². The number of rotatable bonds is 6. The van der Waals surface area contributed by atoms with Crippen molar-refractivity contribution >= 4 is 5.97 Å². The number of nitrogens with one attached hydrogen (secondary N) is 2. The number of piperidine rings is 1. The van der Waals surface area contributed by atoms with E-state index in [1.165, 1.54) is 12.8 Å². The lowest BCUT2D eigenvalue weighted by atomic mass is 9.98. The summed E-state index contributed by atoms with van der Waals surface area (Å²) in [7, 11) is 0. The zero-order chi connectivity index (χ0) is 10.9. The maximum Gasteiger partial charge on any atom is 0.307 e. The summed E-state index contributed by atoms with van der Waals surface area (Å²) >= 11 is 0. The van der Waals surface area contributed by atoms with Gasteiger partial charge >= 0.3 is 5.97 Å². The highest BCUT2D eigenvalue weighted by Gasteiger charge is 2.12. The predicted molar refractivity (Wildman–Crippen MR) is 59.7 cm³/mol. The first-order chi connectivity index (χ1) is 7.33. The van der Waals surface area contributed by atoms with E-state index in [0.717, 1.165) is 32.1 Å². The van der Waals surface area contributed by atoms with Crippen LogP contribution >= 0.6 is 0 Å². The summed E-state index contributed by atoms with van der Waals surface area (Å²) in [5.41, 5.74) is 0. The fraction of sp³-hybridized carbons (Fsp3) is 0.909. The predicted octanol–water partition coefficient (Wildman–Crippen LogP) is 0.529. The monoisotopic (exact) mass is 214 g/mol. The van der Waals surface area contributed by atoms with E-state index in [2.05, 4.69) is 10.6 Å². The second-order valence-electron chi connectivity index (χ2n) is 3.95. The second kappa shape index (κ2) is 7.65. The average molecular weight is 214 g/mol. The Morgan fingerprint density at radius 3 is 2.87 bits per heavy atom. The van der Waals surface area contributed by atoms with Crippen LogP contribution in [-0.2, 0) is 9.53 Å². The summed E-state index contributed by atoms with van der Waals surface area (Å²) in [6.07, 6.45) is 2.97. The quantitative estimate of drug-likeness (QED) is 0.500. The summed E-state index contributed by atoms with van der Waals surface area (Å²) in [6, 6.07) is 0. The van der Waals surface area contributed by atoms with Crippen molar-refractivity contribution in [1.82, 2.24) is 10.6 Å². The highest BCUT2D eigenvalue weighted by molar-refractivity contribution is 5.69. The Morgan fingerprint density at radius 2 is 2.20 bits per heavy atom. The molecule has 1 aliphatic rings. The van der Waals surface area contributed by atoms with Crippen molar-refractivity contribution in [1.29, 1.82) is 0 Å². The highest BCUT2D eigenvalue weighted by atomic mass is 16.5. The molecule has 4 nitrogen and oxygen atoms in total. The Kier molecular flexibility index (Phi) is 6.36. The molecule has 1 rings (SSSR count). The average Bonchev–Trinajstić information content (AvgIpc) is 2.26. The molecule has 0 amide bonds. The molecule has 4 heteroatoms. The standard InChI is InChI=1S/C11H22N2O2/c1-2-15-11(14)5-8-13-9-10-3-6-12-7-4-10/h10,12-13H,2-9H2,1H3. The van der Waals surface area contributed by atoms with Crippen LogP contribution in [0.2, 0.25) is 0 Å². The molecule has 15 heavy (non-hydrogen) atoms. The SMILES string of the molecule is CCOC(=O)CCNCC1CCNCC1. The largest absolute Gasteiger partial charge is 0.466 e. The lowest BCUT2D eigenvalue weighted by Gasteiger charge is -2.22.